The number of likely N-dealkylation sites (tertiary alicyclic amines) is 1. The number of amides is 1. The summed E-state index contributed by atoms with van der Waals surface area (Å²) in [5.41, 5.74) is 3.14. The molecule has 0 unspecified atom stereocenters. The van der Waals surface area contributed by atoms with Gasteiger partial charge < -0.3 is 10.1 Å². The molecular weight excluding hydrogens is 426 g/mol. The molecule has 32 heavy (non-hydrogen) atoms. The third-order valence-electron chi connectivity index (χ3n) is 5.76. The Morgan fingerprint density at radius 2 is 2.03 bits per heavy atom. The molecule has 0 saturated carbocycles. The second-order valence-corrected chi connectivity index (χ2v) is 8.61. The predicted molar refractivity (Wildman–Crippen MR) is 126 cm³/mol. The Morgan fingerprint density at radius 1 is 1.19 bits per heavy atom. The summed E-state index contributed by atoms with van der Waals surface area (Å²) in [7, 11) is 1.57. The summed E-state index contributed by atoms with van der Waals surface area (Å²) in [6.45, 7) is 3.78. The van der Waals surface area contributed by atoms with E-state index in [9.17, 15) is 9.59 Å². The first-order valence-electron chi connectivity index (χ1n) is 10.7. The standard InChI is InChI=1S/C25H26ClN3O3/c1-16(30)27-20-8-9-23-17(12-20)5-7-21(28-23)15-29-11-3-4-18(14-29)25(31)22-13-19(26)6-10-24(22)32-2/h5-10,12-13,18H,3-4,11,14-15H2,1-2H3,(H,27,30)/t18-/m0/s1. The molecule has 0 aliphatic carbocycles. The van der Waals surface area contributed by atoms with E-state index in [4.69, 9.17) is 21.3 Å². The SMILES string of the molecule is COc1ccc(Cl)cc1C(=O)[C@H]1CCCN(Cc2ccc3cc(NC(C)=O)ccc3n2)C1. The summed E-state index contributed by atoms with van der Waals surface area (Å²) in [6.07, 6.45) is 1.80. The number of methoxy groups -OCH3 is 1. The van der Waals surface area contributed by atoms with Crippen molar-refractivity contribution in [3.05, 3.63) is 64.8 Å². The molecule has 1 aromatic heterocycles. The van der Waals surface area contributed by atoms with Gasteiger partial charge in [-0.15, -0.1) is 0 Å². The molecule has 1 N–H and O–H groups in total. The van der Waals surface area contributed by atoms with Gasteiger partial charge in [0.15, 0.2) is 5.78 Å². The van der Waals surface area contributed by atoms with Crippen LogP contribution in [0.4, 0.5) is 5.69 Å². The van der Waals surface area contributed by atoms with E-state index in [1.807, 2.05) is 30.3 Å². The van der Waals surface area contributed by atoms with Crippen LogP contribution in [0.1, 0.15) is 35.8 Å². The minimum absolute atomic E-state index is 0.0750. The third-order valence-corrected chi connectivity index (χ3v) is 5.99. The van der Waals surface area contributed by atoms with Crippen LogP contribution in [-0.2, 0) is 11.3 Å². The zero-order chi connectivity index (χ0) is 22.7. The zero-order valence-electron chi connectivity index (χ0n) is 18.2. The van der Waals surface area contributed by atoms with Crippen molar-refractivity contribution in [2.24, 2.45) is 5.92 Å². The maximum atomic E-state index is 13.2. The number of carbonyl (C=O) groups is 2. The van der Waals surface area contributed by atoms with Gasteiger partial charge in [-0.2, -0.15) is 0 Å². The van der Waals surface area contributed by atoms with Crippen molar-refractivity contribution in [1.29, 1.82) is 0 Å². The molecule has 0 radical (unpaired) electrons. The van der Waals surface area contributed by atoms with Gasteiger partial charge in [-0.25, -0.2) is 0 Å². The van der Waals surface area contributed by atoms with Crippen LogP contribution in [0.15, 0.2) is 48.5 Å². The molecule has 0 spiro atoms. The first-order valence-corrected chi connectivity index (χ1v) is 11.1. The molecular formula is C25H26ClN3O3. The van der Waals surface area contributed by atoms with Crippen molar-refractivity contribution in [2.45, 2.75) is 26.3 Å². The Balaban J connectivity index is 1.47. The van der Waals surface area contributed by atoms with Crippen molar-refractivity contribution >= 4 is 39.9 Å². The van der Waals surface area contributed by atoms with Crippen molar-refractivity contribution < 1.29 is 14.3 Å². The highest BCUT2D eigenvalue weighted by Crippen LogP contribution is 2.29. The van der Waals surface area contributed by atoms with Crippen LogP contribution >= 0.6 is 11.6 Å². The highest BCUT2D eigenvalue weighted by Gasteiger charge is 2.28. The van der Waals surface area contributed by atoms with Crippen molar-refractivity contribution in [1.82, 2.24) is 9.88 Å². The van der Waals surface area contributed by atoms with E-state index in [-0.39, 0.29) is 17.6 Å². The van der Waals surface area contributed by atoms with E-state index in [0.717, 1.165) is 41.7 Å². The number of fused-ring (bicyclic) bond motifs is 1. The Kier molecular flexibility index (Phi) is 6.72. The number of aromatic nitrogens is 1. The van der Waals surface area contributed by atoms with Crippen LogP contribution in [0.5, 0.6) is 5.75 Å². The number of piperidine rings is 1. The Morgan fingerprint density at radius 3 is 2.81 bits per heavy atom. The fourth-order valence-corrected chi connectivity index (χ4v) is 4.44. The molecule has 1 aliphatic heterocycles. The Labute approximate surface area is 192 Å². The van der Waals surface area contributed by atoms with E-state index in [1.54, 1.807) is 25.3 Å². The fourth-order valence-electron chi connectivity index (χ4n) is 4.27. The van der Waals surface area contributed by atoms with Gasteiger partial charge in [-0.05, 0) is 61.9 Å². The largest absolute Gasteiger partial charge is 0.496 e. The molecule has 1 amide bonds. The first-order chi connectivity index (χ1) is 15.4. The van der Waals surface area contributed by atoms with Crippen molar-refractivity contribution in [2.75, 3.05) is 25.5 Å². The van der Waals surface area contributed by atoms with Gasteiger partial charge in [-0.1, -0.05) is 17.7 Å². The molecule has 6 nitrogen and oxygen atoms in total. The number of hydrogen-bond donors (Lipinski definition) is 1. The van der Waals surface area contributed by atoms with Gasteiger partial charge >= 0.3 is 0 Å². The number of pyridine rings is 1. The summed E-state index contributed by atoms with van der Waals surface area (Å²) in [5.74, 6) is 0.438. The highest BCUT2D eigenvalue weighted by molar-refractivity contribution is 6.31. The number of rotatable bonds is 6. The monoisotopic (exact) mass is 451 g/mol. The molecule has 1 fully saturated rings. The van der Waals surface area contributed by atoms with Crippen molar-refractivity contribution in [3.63, 3.8) is 0 Å². The highest BCUT2D eigenvalue weighted by atomic mass is 35.5. The summed E-state index contributed by atoms with van der Waals surface area (Å²) in [4.78, 5) is 31.5. The Hall–Kier alpha value is -2.96. The van der Waals surface area contributed by atoms with Gasteiger partial charge in [0.25, 0.3) is 0 Å². The number of Topliss-reactive ketones (excluding diaryl/α,β-unsaturated/α-hetero) is 1. The number of carbonyl (C=O) groups excluding carboxylic acids is 2. The number of anilines is 1. The number of ketones is 1. The summed E-state index contributed by atoms with van der Waals surface area (Å²) in [6, 6.07) is 14.9. The van der Waals surface area contributed by atoms with Gasteiger partial charge in [0.2, 0.25) is 5.91 Å². The van der Waals surface area contributed by atoms with E-state index in [0.29, 0.717) is 29.4 Å². The van der Waals surface area contributed by atoms with Gasteiger partial charge in [-0.3, -0.25) is 19.5 Å². The van der Waals surface area contributed by atoms with Crippen LogP contribution in [0.2, 0.25) is 5.02 Å². The number of halogens is 1. The average Bonchev–Trinajstić information content (AvgIpc) is 2.78. The lowest BCUT2D eigenvalue weighted by Crippen LogP contribution is -2.38. The molecule has 2 heterocycles. The van der Waals surface area contributed by atoms with Gasteiger partial charge in [0, 0.05) is 42.0 Å². The molecule has 166 valence electrons. The lowest BCUT2D eigenvalue weighted by molar-refractivity contribution is -0.114. The van der Waals surface area contributed by atoms with Crippen LogP contribution in [0.25, 0.3) is 10.9 Å². The maximum Gasteiger partial charge on any atom is 0.221 e. The summed E-state index contributed by atoms with van der Waals surface area (Å²) in [5, 5.41) is 4.30. The molecule has 4 rings (SSSR count). The van der Waals surface area contributed by atoms with Crippen LogP contribution in [0.3, 0.4) is 0 Å². The van der Waals surface area contributed by atoms with E-state index >= 15 is 0 Å². The maximum absolute atomic E-state index is 13.2. The molecule has 2 aromatic carbocycles. The zero-order valence-corrected chi connectivity index (χ0v) is 19.0. The number of benzene rings is 2. The predicted octanol–water partition coefficient (Wildman–Crippen LogP) is 4.95. The van der Waals surface area contributed by atoms with E-state index < -0.39 is 0 Å². The number of ether oxygens (including phenoxy) is 1. The summed E-state index contributed by atoms with van der Waals surface area (Å²) >= 11 is 6.13. The third kappa shape index (κ3) is 5.09. The molecule has 1 saturated heterocycles. The topological polar surface area (TPSA) is 71.5 Å². The number of nitrogens with one attached hydrogen (secondary N) is 1. The summed E-state index contributed by atoms with van der Waals surface area (Å²) < 4.78 is 5.38. The van der Waals surface area contributed by atoms with Crippen LogP contribution in [-0.4, -0.2) is 41.8 Å². The molecule has 1 aliphatic rings. The lowest BCUT2D eigenvalue weighted by atomic mass is 9.89. The van der Waals surface area contributed by atoms with E-state index in [2.05, 4.69) is 10.2 Å². The van der Waals surface area contributed by atoms with Gasteiger partial charge in [0.1, 0.15) is 5.75 Å². The van der Waals surface area contributed by atoms with Crippen LogP contribution in [0, 0.1) is 5.92 Å². The quantitative estimate of drug-likeness (QED) is 0.537. The number of hydrogen-bond acceptors (Lipinski definition) is 5. The minimum atomic E-state index is -0.100. The second-order valence-electron chi connectivity index (χ2n) is 8.17. The molecule has 7 heteroatoms. The molecule has 1 atom stereocenters. The van der Waals surface area contributed by atoms with E-state index in [1.165, 1.54) is 6.92 Å². The first kappa shape index (κ1) is 22.2. The fraction of sp³-hybridized carbons (Fsp3) is 0.320. The van der Waals surface area contributed by atoms with Crippen molar-refractivity contribution in [3.8, 4) is 5.75 Å². The minimum Gasteiger partial charge on any atom is -0.496 e. The second kappa shape index (κ2) is 9.67. The Bertz CT molecular complexity index is 1160. The normalized spacial score (nSPS) is 16.7. The number of nitrogens with zero attached hydrogens (tertiary/aromatic N) is 2. The lowest BCUT2D eigenvalue weighted by Gasteiger charge is -2.32. The van der Waals surface area contributed by atoms with Crippen LogP contribution < -0.4 is 10.1 Å². The smallest absolute Gasteiger partial charge is 0.221 e. The molecule has 0 bridgehead atoms. The molecule has 3 aromatic rings. The average molecular weight is 452 g/mol. The van der Waals surface area contributed by atoms with Gasteiger partial charge in [0.05, 0.1) is 23.9 Å².